The van der Waals surface area contributed by atoms with Gasteiger partial charge in [0.25, 0.3) is 0 Å². The van der Waals surface area contributed by atoms with Crippen molar-refractivity contribution < 1.29 is 22.7 Å². The maximum atomic E-state index is 12.9. The third-order valence-corrected chi connectivity index (χ3v) is 2.95. The number of hydrogen-bond donors (Lipinski definition) is 1. The second-order valence-electron chi connectivity index (χ2n) is 4.44. The highest BCUT2D eigenvalue weighted by molar-refractivity contribution is 5.76. The summed E-state index contributed by atoms with van der Waals surface area (Å²) < 4.78 is 43.7. The number of ether oxygens (including phenoxy) is 1. The molecule has 2 rings (SSSR count). The van der Waals surface area contributed by atoms with E-state index in [0.717, 1.165) is 6.07 Å². The van der Waals surface area contributed by atoms with Crippen LogP contribution in [0.15, 0.2) is 42.5 Å². The highest BCUT2D eigenvalue weighted by Crippen LogP contribution is 2.37. The summed E-state index contributed by atoms with van der Waals surface area (Å²) in [5, 5.41) is 0. The quantitative estimate of drug-likeness (QED) is 0.905. The van der Waals surface area contributed by atoms with Crippen LogP contribution >= 0.6 is 0 Å². The number of amides is 1. The molecule has 1 amide bonds. The smallest absolute Gasteiger partial charge is 0.410 e. The fourth-order valence-electron chi connectivity index (χ4n) is 2.00. The average molecular weight is 295 g/mol. The standard InChI is InChI=1S/C15H12F3NO2/c1-9-6-7-10(8-12(9)15(16,17)18)11-4-2-3-5-13(11)21-14(19)20/h2-8H,1H3,(H2,19,20). The summed E-state index contributed by atoms with van der Waals surface area (Å²) in [5.74, 6) is 0.113. The van der Waals surface area contributed by atoms with Crippen molar-refractivity contribution in [3.05, 3.63) is 53.6 Å². The number of nitrogens with two attached hydrogens (primary N) is 1. The number of primary amides is 1. The molecule has 0 atom stereocenters. The van der Waals surface area contributed by atoms with E-state index in [9.17, 15) is 18.0 Å². The van der Waals surface area contributed by atoms with Crippen molar-refractivity contribution in [1.82, 2.24) is 0 Å². The molecule has 0 aromatic heterocycles. The van der Waals surface area contributed by atoms with Crippen LogP contribution in [-0.2, 0) is 6.18 Å². The zero-order valence-electron chi connectivity index (χ0n) is 11.1. The molecule has 0 spiro atoms. The minimum Gasteiger partial charge on any atom is -0.410 e. The van der Waals surface area contributed by atoms with Gasteiger partial charge in [0.05, 0.1) is 5.56 Å². The molecule has 2 aromatic rings. The molecule has 3 nitrogen and oxygen atoms in total. The van der Waals surface area contributed by atoms with Gasteiger partial charge in [0.15, 0.2) is 0 Å². The van der Waals surface area contributed by atoms with Crippen molar-refractivity contribution in [3.8, 4) is 16.9 Å². The van der Waals surface area contributed by atoms with E-state index in [1.165, 1.54) is 25.1 Å². The Morgan fingerprint density at radius 2 is 1.81 bits per heavy atom. The third-order valence-electron chi connectivity index (χ3n) is 2.95. The number of carbonyl (C=O) groups is 1. The van der Waals surface area contributed by atoms with E-state index in [1.54, 1.807) is 18.2 Å². The summed E-state index contributed by atoms with van der Waals surface area (Å²) in [6.45, 7) is 1.39. The van der Waals surface area contributed by atoms with Gasteiger partial charge < -0.3 is 10.5 Å². The monoisotopic (exact) mass is 295 g/mol. The Bertz CT molecular complexity index is 681. The van der Waals surface area contributed by atoms with Crippen LogP contribution in [0.5, 0.6) is 5.75 Å². The van der Waals surface area contributed by atoms with Crippen molar-refractivity contribution >= 4 is 6.09 Å². The Kier molecular flexibility index (Phi) is 3.88. The molecular formula is C15H12F3NO2. The van der Waals surface area contributed by atoms with E-state index in [0.29, 0.717) is 11.1 Å². The predicted molar refractivity (Wildman–Crippen MR) is 71.8 cm³/mol. The Labute approximate surface area is 119 Å². The van der Waals surface area contributed by atoms with E-state index in [2.05, 4.69) is 0 Å². The lowest BCUT2D eigenvalue weighted by molar-refractivity contribution is -0.138. The van der Waals surface area contributed by atoms with Gasteiger partial charge in [-0.3, -0.25) is 0 Å². The van der Waals surface area contributed by atoms with Crippen molar-refractivity contribution in [2.24, 2.45) is 5.73 Å². The number of aryl methyl sites for hydroxylation is 1. The largest absolute Gasteiger partial charge is 0.416 e. The molecule has 0 fully saturated rings. The molecule has 0 bridgehead atoms. The molecule has 0 aliphatic rings. The number of para-hydroxylation sites is 1. The van der Waals surface area contributed by atoms with Gasteiger partial charge >= 0.3 is 12.3 Å². The Balaban J connectivity index is 2.55. The maximum Gasteiger partial charge on any atom is 0.416 e. The molecule has 0 saturated carbocycles. The first-order valence-electron chi connectivity index (χ1n) is 6.03. The SMILES string of the molecule is Cc1ccc(-c2ccccc2OC(N)=O)cc1C(F)(F)F. The zero-order valence-corrected chi connectivity index (χ0v) is 11.1. The van der Waals surface area contributed by atoms with Gasteiger partial charge in [0.2, 0.25) is 0 Å². The van der Waals surface area contributed by atoms with E-state index in [4.69, 9.17) is 10.5 Å². The predicted octanol–water partition coefficient (Wildman–Crippen LogP) is 4.14. The van der Waals surface area contributed by atoms with Crippen LogP contribution in [0, 0.1) is 6.92 Å². The summed E-state index contributed by atoms with van der Waals surface area (Å²) in [6.07, 6.45) is -5.47. The number of halogens is 3. The van der Waals surface area contributed by atoms with E-state index < -0.39 is 17.8 Å². The van der Waals surface area contributed by atoms with Gasteiger partial charge in [-0.15, -0.1) is 0 Å². The first kappa shape index (κ1) is 14.9. The summed E-state index contributed by atoms with van der Waals surface area (Å²) in [5.41, 5.74) is 5.01. The molecule has 110 valence electrons. The number of hydrogen-bond acceptors (Lipinski definition) is 2. The Hall–Kier alpha value is -2.50. The van der Waals surface area contributed by atoms with Crippen molar-refractivity contribution in [2.45, 2.75) is 13.1 Å². The molecule has 21 heavy (non-hydrogen) atoms. The number of alkyl halides is 3. The molecule has 0 saturated heterocycles. The first-order valence-corrected chi connectivity index (χ1v) is 6.03. The highest BCUT2D eigenvalue weighted by atomic mass is 19.4. The van der Waals surface area contributed by atoms with Gasteiger partial charge in [0, 0.05) is 5.56 Å². The van der Waals surface area contributed by atoms with Gasteiger partial charge in [-0.05, 0) is 30.2 Å². The van der Waals surface area contributed by atoms with Crippen LogP contribution < -0.4 is 10.5 Å². The van der Waals surface area contributed by atoms with Gasteiger partial charge in [-0.2, -0.15) is 13.2 Å². The molecular weight excluding hydrogens is 283 g/mol. The lowest BCUT2D eigenvalue weighted by Gasteiger charge is -2.14. The molecule has 0 unspecified atom stereocenters. The van der Waals surface area contributed by atoms with Crippen LogP contribution in [0.1, 0.15) is 11.1 Å². The Morgan fingerprint density at radius 1 is 1.14 bits per heavy atom. The van der Waals surface area contributed by atoms with Crippen molar-refractivity contribution in [3.63, 3.8) is 0 Å². The van der Waals surface area contributed by atoms with Gasteiger partial charge in [0.1, 0.15) is 5.75 Å². The third kappa shape index (κ3) is 3.34. The van der Waals surface area contributed by atoms with Gasteiger partial charge in [-0.25, -0.2) is 4.79 Å². The summed E-state index contributed by atoms with van der Waals surface area (Å²) >= 11 is 0. The molecule has 2 N–H and O–H groups in total. The Morgan fingerprint density at radius 3 is 2.43 bits per heavy atom. The molecule has 0 aliphatic heterocycles. The second kappa shape index (κ2) is 5.47. The van der Waals surface area contributed by atoms with Crippen molar-refractivity contribution in [1.29, 1.82) is 0 Å². The normalized spacial score (nSPS) is 11.2. The number of carbonyl (C=O) groups excluding carboxylic acids is 1. The van der Waals surface area contributed by atoms with Crippen LogP contribution in [0.3, 0.4) is 0 Å². The lowest BCUT2D eigenvalue weighted by Crippen LogP contribution is -2.16. The summed E-state index contributed by atoms with van der Waals surface area (Å²) in [4.78, 5) is 10.9. The van der Waals surface area contributed by atoms with Crippen LogP contribution in [0.2, 0.25) is 0 Å². The summed E-state index contributed by atoms with van der Waals surface area (Å²) in [7, 11) is 0. The molecule has 0 heterocycles. The zero-order chi connectivity index (χ0) is 15.6. The highest BCUT2D eigenvalue weighted by Gasteiger charge is 2.32. The fourth-order valence-corrected chi connectivity index (χ4v) is 2.00. The molecule has 0 radical (unpaired) electrons. The minimum atomic E-state index is -4.44. The summed E-state index contributed by atoms with van der Waals surface area (Å²) in [6, 6.07) is 10.2. The van der Waals surface area contributed by atoms with Crippen LogP contribution in [0.4, 0.5) is 18.0 Å². The average Bonchev–Trinajstić information content (AvgIpc) is 2.38. The van der Waals surface area contributed by atoms with E-state index >= 15 is 0 Å². The molecule has 2 aromatic carbocycles. The maximum absolute atomic E-state index is 12.9. The topological polar surface area (TPSA) is 52.3 Å². The first-order chi connectivity index (χ1) is 9.79. The van der Waals surface area contributed by atoms with Crippen molar-refractivity contribution in [2.75, 3.05) is 0 Å². The number of rotatable bonds is 2. The van der Waals surface area contributed by atoms with E-state index in [-0.39, 0.29) is 11.3 Å². The fraction of sp³-hybridized carbons (Fsp3) is 0.133. The van der Waals surface area contributed by atoms with Crippen LogP contribution in [-0.4, -0.2) is 6.09 Å². The minimum absolute atomic E-state index is 0.113. The van der Waals surface area contributed by atoms with E-state index in [1.807, 2.05) is 0 Å². The van der Waals surface area contributed by atoms with Gasteiger partial charge in [-0.1, -0.05) is 30.3 Å². The lowest BCUT2D eigenvalue weighted by atomic mass is 9.99. The molecule has 0 aliphatic carbocycles. The number of benzene rings is 2. The second-order valence-corrected chi connectivity index (χ2v) is 4.44. The molecule has 6 heteroatoms. The van der Waals surface area contributed by atoms with Crippen LogP contribution in [0.25, 0.3) is 11.1 Å².